The first-order chi connectivity index (χ1) is 12.1. The van der Waals surface area contributed by atoms with E-state index in [1.54, 1.807) is 23.5 Å². The van der Waals surface area contributed by atoms with Crippen molar-refractivity contribution in [2.24, 2.45) is 0 Å². The quantitative estimate of drug-likeness (QED) is 0.536. The molecule has 1 aliphatic carbocycles. The molecule has 1 fully saturated rings. The van der Waals surface area contributed by atoms with Crippen LogP contribution < -0.4 is 5.32 Å². The lowest BCUT2D eigenvalue weighted by Gasteiger charge is -2.10. The number of hydrogen-bond donors (Lipinski definition) is 1. The zero-order valence-electron chi connectivity index (χ0n) is 13.5. The number of carbonyl (C=O) groups excluding carboxylic acids is 1. The Balaban J connectivity index is 1.60. The van der Waals surface area contributed by atoms with Crippen LogP contribution in [0.25, 0.3) is 20.7 Å². The van der Waals surface area contributed by atoms with Gasteiger partial charge in [-0.15, -0.1) is 11.3 Å². The van der Waals surface area contributed by atoms with Crippen LogP contribution in [0.2, 0.25) is 0 Å². The molecule has 7 heteroatoms. The largest absolute Gasteiger partial charge is 0.352 e. The molecule has 1 aliphatic rings. The molecule has 1 aromatic carbocycles. The Kier molecular flexibility index (Phi) is 4.43. The highest BCUT2D eigenvalue weighted by Gasteiger charge is 2.26. The number of halogens is 1. The number of thioether (sulfide) groups is 1. The predicted molar refractivity (Wildman–Crippen MR) is 99.3 cm³/mol. The van der Waals surface area contributed by atoms with Crippen LogP contribution in [0.4, 0.5) is 4.39 Å². The molecule has 128 valence electrons. The second-order valence-electron chi connectivity index (χ2n) is 6.05. The monoisotopic (exact) mass is 373 g/mol. The first-order valence-corrected chi connectivity index (χ1v) is 9.77. The van der Waals surface area contributed by atoms with Gasteiger partial charge in [-0.25, -0.2) is 14.4 Å². The summed E-state index contributed by atoms with van der Waals surface area (Å²) in [5.74, 6) is -0.203. The molecule has 1 amide bonds. The minimum atomic E-state index is -0.253. The number of thiophene rings is 1. The van der Waals surface area contributed by atoms with Crippen LogP contribution in [0.3, 0.4) is 0 Å². The van der Waals surface area contributed by atoms with E-state index in [-0.39, 0.29) is 17.0 Å². The van der Waals surface area contributed by atoms with Crippen LogP contribution in [-0.4, -0.2) is 27.2 Å². The lowest BCUT2D eigenvalue weighted by atomic mass is 10.2. The van der Waals surface area contributed by atoms with E-state index in [0.29, 0.717) is 6.04 Å². The minimum Gasteiger partial charge on any atom is -0.352 e. The predicted octanol–water partition coefficient (Wildman–Crippen LogP) is 4.26. The molecule has 0 spiro atoms. The SMILES string of the molecule is C[C@@H](Sc1ncnc2cc(-c3ccc(F)cc3)sc12)C(=O)NC1CC1. The summed E-state index contributed by atoms with van der Waals surface area (Å²) in [5.41, 5.74) is 1.79. The molecule has 4 rings (SSSR count). The molecule has 2 heterocycles. The van der Waals surface area contributed by atoms with Gasteiger partial charge in [0.05, 0.1) is 15.5 Å². The summed E-state index contributed by atoms with van der Waals surface area (Å²) in [4.78, 5) is 21.9. The highest BCUT2D eigenvalue weighted by Crippen LogP contribution is 2.38. The Morgan fingerprint density at radius 1 is 1.32 bits per heavy atom. The van der Waals surface area contributed by atoms with Crippen LogP contribution in [0.15, 0.2) is 41.7 Å². The third kappa shape index (κ3) is 3.67. The summed E-state index contributed by atoms with van der Waals surface area (Å²) < 4.78 is 14.1. The van der Waals surface area contributed by atoms with Crippen LogP contribution in [0.5, 0.6) is 0 Å². The first kappa shape index (κ1) is 16.5. The number of amides is 1. The highest BCUT2D eigenvalue weighted by atomic mass is 32.2. The maximum absolute atomic E-state index is 13.1. The average Bonchev–Trinajstić information content (AvgIpc) is 3.30. The van der Waals surface area contributed by atoms with E-state index in [9.17, 15) is 9.18 Å². The first-order valence-electron chi connectivity index (χ1n) is 8.07. The Morgan fingerprint density at radius 3 is 2.80 bits per heavy atom. The summed E-state index contributed by atoms with van der Waals surface area (Å²) in [6.45, 7) is 1.89. The molecule has 1 N–H and O–H groups in total. The standard InChI is InChI=1S/C18H16FN3OS2/c1-10(17(23)22-13-6-7-13)24-18-16-14(20-9-21-18)8-15(25-16)11-2-4-12(19)5-3-11/h2-5,8-10,13H,6-7H2,1H3,(H,22,23)/t10-/m1/s1. The van der Waals surface area contributed by atoms with Crippen molar-refractivity contribution in [1.29, 1.82) is 0 Å². The minimum absolute atomic E-state index is 0.0505. The maximum Gasteiger partial charge on any atom is 0.233 e. The number of hydrogen-bond acceptors (Lipinski definition) is 5. The zero-order chi connectivity index (χ0) is 17.4. The van der Waals surface area contributed by atoms with Gasteiger partial charge in [-0.05, 0) is 43.5 Å². The number of aromatic nitrogens is 2. The van der Waals surface area contributed by atoms with Gasteiger partial charge in [0, 0.05) is 10.9 Å². The van der Waals surface area contributed by atoms with Gasteiger partial charge in [-0.2, -0.15) is 0 Å². The molecule has 0 unspecified atom stereocenters. The van der Waals surface area contributed by atoms with E-state index < -0.39 is 0 Å². The van der Waals surface area contributed by atoms with Gasteiger partial charge in [-0.1, -0.05) is 23.9 Å². The smallest absolute Gasteiger partial charge is 0.233 e. The van der Waals surface area contributed by atoms with Crippen molar-refractivity contribution in [1.82, 2.24) is 15.3 Å². The molecule has 0 saturated heterocycles. The Labute approximate surface area is 152 Å². The number of benzene rings is 1. The van der Waals surface area contributed by atoms with Gasteiger partial charge >= 0.3 is 0 Å². The van der Waals surface area contributed by atoms with Crippen molar-refractivity contribution in [3.05, 3.63) is 42.5 Å². The van der Waals surface area contributed by atoms with Crippen LogP contribution in [0.1, 0.15) is 19.8 Å². The van der Waals surface area contributed by atoms with Crippen molar-refractivity contribution in [2.45, 2.75) is 36.1 Å². The van der Waals surface area contributed by atoms with Crippen molar-refractivity contribution < 1.29 is 9.18 Å². The van der Waals surface area contributed by atoms with Crippen molar-refractivity contribution in [3.8, 4) is 10.4 Å². The van der Waals surface area contributed by atoms with Gasteiger partial charge in [0.1, 0.15) is 17.2 Å². The molecular weight excluding hydrogens is 357 g/mol. The number of nitrogens with one attached hydrogen (secondary N) is 1. The molecule has 1 atom stereocenters. The van der Waals surface area contributed by atoms with Crippen LogP contribution in [0, 0.1) is 5.82 Å². The fourth-order valence-electron chi connectivity index (χ4n) is 2.44. The van der Waals surface area contributed by atoms with Gasteiger partial charge in [0.25, 0.3) is 0 Å². The van der Waals surface area contributed by atoms with E-state index in [4.69, 9.17) is 0 Å². The van der Waals surface area contributed by atoms with Crippen molar-refractivity contribution in [3.63, 3.8) is 0 Å². The van der Waals surface area contributed by atoms with E-state index >= 15 is 0 Å². The summed E-state index contributed by atoms with van der Waals surface area (Å²) in [6.07, 6.45) is 3.68. The topological polar surface area (TPSA) is 54.9 Å². The summed E-state index contributed by atoms with van der Waals surface area (Å²) in [6, 6.07) is 8.75. The molecule has 2 aromatic heterocycles. The summed E-state index contributed by atoms with van der Waals surface area (Å²) in [7, 11) is 0. The second kappa shape index (κ2) is 6.72. The summed E-state index contributed by atoms with van der Waals surface area (Å²) >= 11 is 3.01. The highest BCUT2D eigenvalue weighted by molar-refractivity contribution is 8.00. The molecule has 0 radical (unpaired) electrons. The van der Waals surface area contributed by atoms with Crippen LogP contribution in [-0.2, 0) is 4.79 Å². The number of carbonyl (C=O) groups is 1. The molecular formula is C18H16FN3OS2. The number of nitrogens with zero attached hydrogens (tertiary/aromatic N) is 2. The maximum atomic E-state index is 13.1. The normalized spacial score (nSPS) is 15.3. The summed E-state index contributed by atoms with van der Waals surface area (Å²) in [5, 5.41) is 3.62. The fourth-order valence-corrected chi connectivity index (χ4v) is 4.54. The molecule has 4 nitrogen and oxygen atoms in total. The third-order valence-electron chi connectivity index (χ3n) is 3.99. The average molecular weight is 373 g/mol. The molecule has 1 saturated carbocycles. The van der Waals surface area contributed by atoms with Gasteiger partial charge in [0.15, 0.2) is 0 Å². The second-order valence-corrected chi connectivity index (χ2v) is 8.44. The lowest BCUT2D eigenvalue weighted by molar-refractivity contribution is -0.120. The van der Waals surface area contributed by atoms with Gasteiger partial charge < -0.3 is 5.32 Å². The Morgan fingerprint density at radius 2 is 2.08 bits per heavy atom. The number of fused-ring (bicyclic) bond motifs is 1. The van der Waals surface area contributed by atoms with Crippen LogP contribution >= 0.6 is 23.1 Å². The Hall–Kier alpha value is -1.99. The lowest BCUT2D eigenvalue weighted by Crippen LogP contribution is -2.32. The van der Waals surface area contributed by atoms with E-state index in [0.717, 1.165) is 38.5 Å². The molecule has 0 aliphatic heterocycles. The Bertz CT molecular complexity index is 922. The number of rotatable bonds is 5. The van der Waals surface area contributed by atoms with Crippen molar-refractivity contribution in [2.75, 3.05) is 0 Å². The zero-order valence-corrected chi connectivity index (χ0v) is 15.2. The van der Waals surface area contributed by atoms with E-state index in [1.165, 1.54) is 30.2 Å². The van der Waals surface area contributed by atoms with Gasteiger partial charge in [-0.3, -0.25) is 4.79 Å². The van der Waals surface area contributed by atoms with Crippen molar-refractivity contribution >= 4 is 39.2 Å². The molecule has 25 heavy (non-hydrogen) atoms. The molecule has 0 bridgehead atoms. The van der Waals surface area contributed by atoms with Gasteiger partial charge in [0.2, 0.25) is 5.91 Å². The van der Waals surface area contributed by atoms with E-state index in [1.807, 2.05) is 13.0 Å². The third-order valence-corrected chi connectivity index (χ3v) is 6.40. The van der Waals surface area contributed by atoms with E-state index in [2.05, 4.69) is 15.3 Å². The molecule has 3 aromatic rings. The fraction of sp³-hybridized carbons (Fsp3) is 0.278.